The lowest BCUT2D eigenvalue weighted by atomic mass is 9.96. The van der Waals surface area contributed by atoms with E-state index in [-0.39, 0.29) is 6.10 Å². The van der Waals surface area contributed by atoms with Crippen molar-refractivity contribution in [2.45, 2.75) is 32.9 Å². The largest absolute Gasteiger partial charge is 0.392 e. The fourth-order valence-electron chi connectivity index (χ4n) is 2.17. The summed E-state index contributed by atoms with van der Waals surface area (Å²) < 4.78 is 0. The van der Waals surface area contributed by atoms with Gasteiger partial charge in [-0.3, -0.25) is 9.88 Å². The van der Waals surface area contributed by atoms with Gasteiger partial charge >= 0.3 is 0 Å². The summed E-state index contributed by atoms with van der Waals surface area (Å²) in [4.78, 5) is 6.77. The first-order chi connectivity index (χ1) is 7.65. The van der Waals surface area contributed by atoms with E-state index in [2.05, 4.69) is 22.9 Å². The quantitative estimate of drug-likeness (QED) is 0.822. The first kappa shape index (κ1) is 11.6. The highest BCUT2D eigenvalue weighted by Gasteiger charge is 2.24. The average molecular weight is 220 g/mol. The van der Waals surface area contributed by atoms with Gasteiger partial charge in [0.25, 0.3) is 0 Å². The van der Waals surface area contributed by atoms with Crippen molar-refractivity contribution in [3.63, 3.8) is 0 Å². The molecule has 1 aromatic rings. The molecule has 0 aromatic carbocycles. The SMILES string of the molecule is Cc1cccc(CN2CCC(C)C(O)C2)n1. The number of hydrogen-bond donors (Lipinski definition) is 1. The van der Waals surface area contributed by atoms with E-state index in [1.54, 1.807) is 0 Å². The van der Waals surface area contributed by atoms with Gasteiger partial charge in [-0.05, 0) is 37.9 Å². The smallest absolute Gasteiger partial charge is 0.0693 e. The Labute approximate surface area is 97.1 Å². The van der Waals surface area contributed by atoms with Crippen molar-refractivity contribution in [1.82, 2.24) is 9.88 Å². The fourth-order valence-corrected chi connectivity index (χ4v) is 2.17. The number of piperidine rings is 1. The number of rotatable bonds is 2. The minimum Gasteiger partial charge on any atom is -0.392 e. The van der Waals surface area contributed by atoms with E-state index >= 15 is 0 Å². The number of aliphatic hydroxyl groups is 1. The maximum atomic E-state index is 9.82. The molecule has 1 fully saturated rings. The maximum Gasteiger partial charge on any atom is 0.0693 e. The van der Waals surface area contributed by atoms with E-state index in [0.717, 1.165) is 37.4 Å². The molecule has 2 heterocycles. The highest BCUT2D eigenvalue weighted by Crippen LogP contribution is 2.18. The Hall–Kier alpha value is -0.930. The highest BCUT2D eigenvalue weighted by molar-refractivity contribution is 5.09. The second kappa shape index (κ2) is 4.93. The summed E-state index contributed by atoms with van der Waals surface area (Å²) in [5, 5.41) is 9.82. The number of likely N-dealkylation sites (tertiary alicyclic amines) is 1. The van der Waals surface area contributed by atoms with Gasteiger partial charge in [-0.2, -0.15) is 0 Å². The molecule has 0 spiro atoms. The van der Waals surface area contributed by atoms with Crippen molar-refractivity contribution in [3.05, 3.63) is 29.6 Å². The molecule has 88 valence electrons. The van der Waals surface area contributed by atoms with Crippen LogP contribution >= 0.6 is 0 Å². The lowest BCUT2D eigenvalue weighted by Gasteiger charge is -2.33. The molecule has 3 heteroatoms. The van der Waals surface area contributed by atoms with E-state index in [4.69, 9.17) is 0 Å². The molecule has 1 aliphatic heterocycles. The van der Waals surface area contributed by atoms with Gasteiger partial charge in [-0.15, -0.1) is 0 Å². The van der Waals surface area contributed by atoms with Gasteiger partial charge in [0.1, 0.15) is 0 Å². The van der Waals surface area contributed by atoms with E-state index in [9.17, 15) is 5.11 Å². The Morgan fingerprint density at radius 3 is 3.00 bits per heavy atom. The summed E-state index contributed by atoms with van der Waals surface area (Å²) in [5.74, 6) is 0.432. The van der Waals surface area contributed by atoms with Crippen LogP contribution in [0.3, 0.4) is 0 Å². The Balaban J connectivity index is 1.95. The number of pyridine rings is 1. The molecular weight excluding hydrogens is 200 g/mol. The maximum absolute atomic E-state index is 9.82. The molecular formula is C13H20N2O. The second-order valence-corrected chi connectivity index (χ2v) is 4.84. The minimum absolute atomic E-state index is 0.182. The summed E-state index contributed by atoms with van der Waals surface area (Å²) in [7, 11) is 0. The zero-order valence-corrected chi connectivity index (χ0v) is 10.1. The topological polar surface area (TPSA) is 36.4 Å². The van der Waals surface area contributed by atoms with Crippen molar-refractivity contribution < 1.29 is 5.11 Å². The highest BCUT2D eigenvalue weighted by atomic mass is 16.3. The summed E-state index contributed by atoms with van der Waals surface area (Å²) >= 11 is 0. The van der Waals surface area contributed by atoms with Crippen molar-refractivity contribution in [1.29, 1.82) is 0 Å². The molecule has 0 amide bonds. The van der Waals surface area contributed by atoms with Crippen LogP contribution in [-0.4, -0.2) is 34.2 Å². The molecule has 0 radical (unpaired) electrons. The van der Waals surface area contributed by atoms with Crippen molar-refractivity contribution in [2.24, 2.45) is 5.92 Å². The van der Waals surface area contributed by atoms with E-state index in [0.29, 0.717) is 5.92 Å². The molecule has 2 unspecified atom stereocenters. The first-order valence-electron chi connectivity index (χ1n) is 5.98. The number of hydrogen-bond acceptors (Lipinski definition) is 3. The number of aromatic nitrogens is 1. The summed E-state index contributed by atoms with van der Waals surface area (Å²) in [6.07, 6.45) is 0.894. The van der Waals surface area contributed by atoms with E-state index < -0.39 is 0 Å². The third-order valence-corrected chi connectivity index (χ3v) is 3.33. The van der Waals surface area contributed by atoms with Gasteiger partial charge in [0.05, 0.1) is 11.8 Å². The van der Waals surface area contributed by atoms with Gasteiger partial charge in [-0.25, -0.2) is 0 Å². The van der Waals surface area contributed by atoms with Gasteiger partial charge in [0.2, 0.25) is 0 Å². The normalized spacial score (nSPS) is 26.9. The van der Waals surface area contributed by atoms with Crippen molar-refractivity contribution >= 4 is 0 Å². The number of aliphatic hydroxyl groups excluding tert-OH is 1. The number of aryl methyl sites for hydroxylation is 1. The molecule has 16 heavy (non-hydrogen) atoms. The molecule has 0 aliphatic carbocycles. The molecule has 1 N–H and O–H groups in total. The summed E-state index contributed by atoms with van der Waals surface area (Å²) in [6.45, 7) is 6.82. The Morgan fingerprint density at radius 2 is 2.31 bits per heavy atom. The van der Waals surface area contributed by atoms with Crippen LogP contribution in [0.5, 0.6) is 0 Å². The molecule has 2 rings (SSSR count). The zero-order chi connectivity index (χ0) is 11.5. The monoisotopic (exact) mass is 220 g/mol. The van der Waals surface area contributed by atoms with Gasteiger partial charge in [-0.1, -0.05) is 13.0 Å². The van der Waals surface area contributed by atoms with Gasteiger partial charge < -0.3 is 5.11 Å². The number of nitrogens with zero attached hydrogens (tertiary/aromatic N) is 2. The predicted octanol–water partition coefficient (Wildman–Crippen LogP) is 1.59. The zero-order valence-electron chi connectivity index (χ0n) is 10.1. The summed E-state index contributed by atoms with van der Waals surface area (Å²) in [5.41, 5.74) is 2.16. The molecule has 2 atom stereocenters. The average Bonchev–Trinajstić information content (AvgIpc) is 2.24. The fraction of sp³-hybridized carbons (Fsp3) is 0.615. The van der Waals surface area contributed by atoms with Crippen LogP contribution in [-0.2, 0) is 6.54 Å². The standard InChI is InChI=1S/C13H20N2O/c1-10-6-7-15(9-13(10)16)8-12-5-3-4-11(2)14-12/h3-5,10,13,16H,6-9H2,1-2H3. The Bertz CT molecular complexity index is 354. The molecule has 3 nitrogen and oxygen atoms in total. The molecule has 0 bridgehead atoms. The molecule has 1 aliphatic rings. The van der Waals surface area contributed by atoms with Crippen LogP contribution in [0.4, 0.5) is 0 Å². The van der Waals surface area contributed by atoms with Crippen LogP contribution in [0.2, 0.25) is 0 Å². The van der Waals surface area contributed by atoms with Crippen LogP contribution in [0.25, 0.3) is 0 Å². The van der Waals surface area contributed by atoms with Crippen LogP contribution in [0, 0.1) is 12.8 Å². The van der Waals surface area contributed by atoms with Gasteiger partial charge in [0, 0.05) is 18.8 Å². The lowest BCUT2D eigenvalue weighted by molar-refractivity contribution is 0.0254. The first-order valence-corrected chi connectivity index (χ1v) is 5.98. The minimum atomic E-state index is -0.182. The second-order valence-electron chi connectivity index (χ2n) is 4.84. The van der Waals surface area contributed by atoms with Crippen LogP contribution < -0.4 is 0 Å². The molecule has 1 aromatic heterocycles. The lowest BCUT2D eigenvalue weighted by Crippen LogP contribution is -2.42. The third-order valence-electron chi connectivity index (χ3n) is 3.33. The van der Waals surface area contributed by atoms with Crippen molar-refractivity contribution in [3.8, 4) is 0 Å². The third kappa shape index (κ3) is 2.80. The molecule has 0 saturated carbocycles. The number of β-amino-alcohol motifs (C(OH)–C–C–N with tert-alkyl or cyclic N) is 1. The van der Waals surface area contributed by atoms with Crippen LogP contribution in [0.1, 0.15) is 24.7 Å². The van der Waals surface area contributed by atoms with Crippen LogP contribution in [0.15, 0.2) is 18.2 Å². The van der Waals surface area contributed by atoms with E-state index in [1.807, 2.05) is 19.1 Å². The Morgan fingerprint density at radius 1 is 1.50 bits per heavy atom. The van der Waals surface area contributed by atoms with Crippen molar-refractivity contribution in [2.75, 3.05) is 13.1 Å². The predicted molar refractivity (Wildman–Crippen MR) is 64.0 cm³/mol. The Kier molecular flexibility index (Phi) is 3.56. The molecule has 1 saturated heterocycles. The van der Waals surface area contributed by atoms with E-state index in [1.165, 1.54) is 0 Å². The van der Waals surface area contributed by atoms with Gasteiger partial charge in [0.15, 0.2) is 0 Å². The summed E-state index contributed by atoms with van der Waals surface area (Å²) in [6, 6.07) is 6.11.